The van der Waals surface area contributed by atoms with Gasteiger partial charge in [0.15, 0.2) is 0 Å². The fourth-order valence-electron chi connectivity index (χ4n) is 1.14. The summed E-state index contributed by atoms with van der Waals surface area (Å²) in [7, 11) is 0. The van der Waals surface area contributed by atoms with Crippen LogP contribution in [0.3, 0.4) is 0 Å². The second-order valence-electron chi connectivity index (χ2n) is 4.88. The fourth-order valence-corrected chi connectivity index (χ4v) is 1.14. The number of aliphatic hydroxyl groups is 1. The maximum atomic E-state index is 9.05. The van der Waals surface area contributed by atoms with Crippen molar-refractivity contribution in [3.63, 3.8) is 0 Å². The summed E-state index contributed by atoms with van der Waals surface area (Å²) in [5.41, 5.74) is 3.60. The molecular weight excluding hydrogens is 166 g/mol. The summed E-state index contributed by atoms with van der Waals surface area (Å²) in [5, 5.41) is 9.05. The second kappa shape index (κ2) is 3.31. The van der Waals surface area contributed by atoms with Gasteiger partial charge in [-0.3, -0.25) is 10.3 Å². The van der Waals surface area contributed by atoms with Gasteiger partial charge in [-0.15, -0.1) is 0 Å². The van der Waals surface area contributed by atoms with Gasteiger partial charge in [-0.25, -0.2) is 0 Å². The van der Waals surface area contributed by atoms with Crippen molar-refractivity contribution < 1.29 is 9.94 Å². The monoisotopic (exact) mass is 185 g/mol. The summed E-state index contributed by atoms with van der Waals surface area (Å²) >= 11 is 0. The Balaban J connectivity index is 2.68. The van der Waals surface area contributed by atoms with Gasteiger partial charge in [0.2, 0.25) is 0 Å². The van der Waals surface area contributed by atoms with Crippen molar-refractivity contribution in [3.05, 3.63) is 11.8 Å². The molecule has 0 saturated heterocycles. The molecule has 0 aliphatic carbocycles. The van der Waals surface area contributed by atoms with E-state index in [9.17, 15) is 0 Å². The van der Waals surface area contributed by atoms with E-state index in [-0.39, 0.29) is 12.0 Å². The van der Waals surface area contributed by atoms with Crippen LogP contribution in [0.2, 0.25) is 0 Å². The van der Waals surface area contributed by atoms with E-state index >= 15 is 0 Å². The minimum absolute atomic E-state index is 0.0356. The largest absolute Gasteiger partial charge is 0.393 e. The smallest absolute Gasteiger partial charge is 0.120 e. The molecule has 0 amide bonds. The van der Waals surface area contributed by atoms with Crippen molar-refractivity contribution in [1.29, 1.82) is 0 Å². The third-order valence-corrected chi connectivity index (χ3v) is 2.29. The Labute approximate surface area is 79.7 Å². The van der Waals surface area contributed by atoms with Crippen molar-refractivity contribution in [2.75, 3.05) is 6.61 Å². The Morgan fingerprint density at radius 2 is 2.23 bits per heavy atom. The molecule has 0 bridgehead atoms. The Morgan fingerprint density at radius 3 is 2.54 bits per heavy atom. The van der Waals surface area contributed by atoms with E-state index in [0.717, 1.165) is 12.1 Å². The quantitative estimate of drug-likeness (QED) is 0.652. The predicted molar refractivity (Wildman–Crippen MR) is 51.9 cm³/mol. The molecule has 1 heterocycles. The Morgan fingerprint density at radius 1 is 1.62 bits per heavy atom. The van der Waals surface area contributed by atoms with E-state index < -0.39 is 5.60 Å². The molecule has 0 aromatic carbocycles. The Bertz CT molecular complexity index is 217. The van der Waals surface area contributed by atoms with Crippen LogP contribution in [-0.2, 0) is 4.84 Å². The lowest BCUT2D eigenvalue weighted by Gasteiger charge is -2.35. The number of hydrogen-bond acceptors (Lipinski definition) is 3. The molecule has 0 spiro atoms. The first-order valence-electron chi connectivity index (χ1n) is 4.63. The molecule has 1 aliphatic heterocycles. The zero-order valence-corrected chi connectivity index (χ0v) is 8.85. The summed E-state index contributed by atoms with van der Waals surface area (Å²) in [6.45, 7) is 8.29. The number of allylic oxidation sites excluding steroid dienone is 1. The van der Waals surface area contributed by atoms with Crippen LogP contribution in [0.5, 0.6) is 0 Å². The average molecular weight is 185 g/mol. The van der Waals surface area contributed by atoms with E-state index in [2.05, 4.69) is 32.3 Å². The highest BCUT2D eigenvalue weighted by molar-refractivity contribution is 5.11. The zero-order valence-electron chi connectivity index (χ0n) is 8.85. The van der Waals surface area contributed by atoms with Crippen molar-refractivity contribution in [3.8, 4) is 0 Å². The van der Waals surface area contributed by atoms with Crippen LogP contribution in [0, 0.1) is 5.41 Å². The standard InChI is InChI=1S/C10H19NO2/c1-9(2,3)8-5-6-10(4,7-12)13-11-8/h5,11-12H,6-7H2,1-4H3. The molecule has 13 heavy (non-hydrogen) atoms. The molecule has 2 N–H and O–H groups in total. The van der Waals surface area contributed by atoms with Gasteiger partial charge in [-0.1, -0.05) is 26.8 Å². The van der Waals surface area contributed by atoms with Gasteiger partial charge in [-0.05, 0) is 6.92 Å². The number of nitrogens with one attached hydrogen (secondary N) is 1. The van der Waals surface area contributed by atoms with E-state index in [1.165, 1.54) is 0 Å². The third kappa shape index (κ3) is 2.45. The summed E-state index contributed by atoms with van der Waals surface area (Å²) < 4.78 is 0. The molecule has 0 aromatic rings. The van der Waals surface area contributed by atoms with Gasteiger partial charge >= 0.3 is 0 Å². The lowest BCUT2D eigenvalue weighted by Crippen LogP contribution is -2.43. The third-order valence-electron chi connectivity index (χ3n) is 2.29. The minimum Gasteiger partial charge on any atom is -0.393 e. The van der Waals surface area contributed by atoms with Crippen molar-refractivity contribution in [1.82, 2.24) is 5.48 Å². The van der Waals surface area contributed by atoms with E-state index in [1.807, 2.05) is 6.92 Å². The first-order valence-corrected chi connectivity index (χ1v) is 4.63. The van der Waals surface area contributed by atoms with Gasteiger partial charge in [0.25, 0.3) is 0 Å². The zero-order chi connectivity index (χ0) is 10.1. The molecule has 0 aromatic heterocycles. The van der Waals surface area contributed by atoms with Crippen molar-refractivity contribution in [2.45, 2.75) is 39.7 Å². The predicted octanol–water partition coefficient (Wildman–Crippen LogP) is 1.59. The molecule has 1 rings (SSSR count). The molecule has 0 radical (unpaired) electrons. The molecular formula is C10H19NO2. The minimum atomic E-state index is -0.464. The molecule has 76 valence electrons. The van der Waals surface area contributed by atoms with Crippen LogP contribution >= 0.6 is 0 Å². The first-order chi connectivity index (χ1) is 5.87. The molecule has 3 nitrogen and oxygen atoms in total. The lowest BCUT2D eigenvalue weighted by atomic mass is 9.89. The lowest BCUT2D eigenvalue weighted by molar-refractivity contribution is -0.121. The SMILES string of the molecule is CC1(CO)CC=C(C(C)(C)C)NO1. The van der Waals surface area contributed by atoms with Crippen molar-refractivity contribution in [2.24, 2.45) is 5.41 Å². The highest BCUT2D eigenvalue weighted by Crippen LogP contribution is 2.29. The average Bonchev–Trinajstić information content (AvgIpc) is 2.04. The fraction of sp³-hybridized carbons (Fsp3) is 0.800. The van der Waals surface area contributed by atoms with E-state index in [0.29, 0.717) is 0 Å². The number of hydroxylamine groups is 1. The normalized spacial score (nSPS) is 29.5. The van der Waals surface area contributed by atoms with Gasteiger partial charge in [0, 0.05) is 17.5 Å². The van der Waals surface area contributed by atoms with Crippen LogP contribution in [0.1, 0.15) is 34.1 Å². The molecule has 3 heteroatoms. The summed E-state index contributed by atoms with van der Waals surface area (Å²) in [6.07, 6.45) is 2.85. The summed E-state index contributed by atoms with van der Waals surface area (Å²) in [4.78, 5) is 5.39. The molecule has 0 saturated carbocycles. The number of aliphatic hydroxyl groups excluding tert-OH is 1. The maximum absolute atomic E-state index is 9.05. The van der Waals surface area contributed by atoms with Crippen LogP contribution in [-0.4, -0.2) is 17.3 Å². The number of hydrogen-bond donors (Lipinski definition) is 2. The maximum Gasteiger partial charge on any atom is 0.120 e. The first kappa shape index (κ1) is 10.5. The summed E-state index contributed by atoms with van der Waals surface area (Å²) in [6, 6.07) is 0. The van der Waals surface area contributed by atoms with Gasteiger partial charge in [-0.2, -0.15) is 0 Å². The molecule has 1 aliphatic rings. The van der Waals surface area contributed by atoms with Gasteiger partial charge in [0.05, 0.1) is 6.61 Å². The summed E-state index contributed by atoms with van der Waals surface area (Å²) in [5.74, 6) is 0. The number of rotatable bonds is 1. The second-order valence-corrected chi connectivity index (χ2v) is 4.88. The van der Waals surface area contributed by atoms with Crippen LogP contribution in [0.25, 0.3) is 0 Å². The van der Waals surface area contributed by atoms with Crippen LogP contribution < -0.4 is 5.48 Å². The van der Waals surface area contributed by atoms with Gasteiger partial charge < -0.3 is 5.11 Å². The van der Waals surface area contributed by atoms with Crippen molar-refractivity contribution >= 4 is 0 Å². The molecule has 1 atom stereocenters. The highest BCUT2D eigenvalue weighted by atomic mass is 16.7. The molecule has 1 unspecified atom stereocenters. The van der Waals surface area contributed by atoms with Crippen LogP contribution in [0.15, 0.2) is 11.8 Å². The topological polar surface area (TPSA) is 41.5 Å². The Kier molecular flexibility index (Phi) is 2.68. The Hall–Kier alpha value is -0.540. The highest BCUT2D eigenvalue weighted by Gasteiger charge is 2.30. The van der Waals surface area contributed by atoms with E-state index in [4.69, 9.17) is 9.94 Å². The van der Waals surface area contributed by atoms with Gasteiger partial charge in [0.1, 0.15) is 5.60 Å². The van der Waals surface area contributed by atoms with E-state index in [1.54, 1.807) is 0 Å². The van der Waals surface area contributed by atoms with Crippen LogP contribution in [0.4, 0.5) is 0 Å². The molecule has 0 fully saturated rings.